The fraction of sp³-hybridized carbons (Fsp3) is 0.500. The first-order valence-electron chi connectivity index (χ1n) is 6.25. The third kappa shape index (κ3) is 3.07. The normalized spacial score (nSPS) is 20.0. The third-order valence-corrected chi connectivity index (χ3v) is 3.44. The molecule has 0 unspecified atom stereocenters. The highest BCUT2D eigenvalue weighted by molar-refractivity contribution is 5.92. The van der Waals surface area contributed by atoms with E-state index in [4.69, 9.17) is 0 Å². The number of aryl methyl sites for hydroxylation is 2. The molecule has 0 radical (unpaired) electrons. The van der Waals surface area contributed by atoms with Gasteiger partial charge in [0, 0.05) is 12.2 Å². The number of carbonyl (C=O) groups is 1. The fourth-order valence-corrected chi connectivity index (χ4v) is 2.14. The van der Waals surface area contributed by atoms with Crippen LogP contribution in [0.5, 0.6) is 0 Å². The summed E-state index contributed by atoms with van der Waals surface area (Å²) in [5.74, 6) is 0.255. The number of hydrogen-bond donors (Lipinski definition) is 2. The van der Waals surface area contributed by atoms with Crippen molar-refractivity contribution < 1.29 is 4.79 Å². The highest BCUT2D eigenvalue weighted by Gasteiger charge is 2.20. The highest BCUT2D eigenvalue weighted by atomic mass is 16.1. The summed E-state index contributed by atoms with van der Waals surface area (Å²) in [4.78, 5) is 12.0. The molecule has 2 rings (SSSR count). The van der Waals surface area contributed by atoms with Gasteiger partial charge in [0.1, 0.15) is 0 Å². The van der Waals surface area contributed by atoms with Crippen LogP contribution in [0.4, 0.5) is 5.69 Å². The lowest BCUT2D eigenvalue weighted by Gasteiger charge is -2.22. The molecule has 1 aliphatic heterocycles. The Morgan fingerprint density at radius 1 is 1.35 bits per heavy atom. The molecule has 1 heterocycles. The molecule has 2 N–H and O–H groups in total. The molecule has 0 bridgehead atoms. The maximum absolute atomic E-state index is 12.0. The molecule has 3 heteroatoms. The lowest BCUT2D eigenvalue weighted by Crippen LogP contribution is -2.37. The van der Waals surface area contributed by atoms with E-state index in [2.05, 4.69) is 24.5 Å². The molecule has 0 spiro atoms. The van der Waals surface area contributed by atoms with Gasteiger partial charge in [-0.05, 0) is 56.5 Å². The molecule has 1 amide bonds. The summed E-state index contributed by atoms with van der Waals surface area (Å²) in [6, 6.07) is 6.05. The van der Waals surface area contributed by atoms with Crippen molar-refractivity contribution in [1.82, 2.24) is 5.32 Å². The zero-order valence-corrected chi connectivity index (χ0v) is 10.5. The first-order chi connectivity index (χ1) is 8.16. The zero-order chi connectivity index (χ0) is 12.3. The van der Waals surface area contributed by atoms with E-state index in [1.165, 1.54) is 11.1 Å². The second-order valence-corrected chi connectivity index (χ2v) is 4.83. The lowest BCUT2D eigenvalue weighted by molar-refractivity contribution is -0.120. The topological polar surface area (TPSA) is 41.1 Å². The molecule has 1 aromatic carbocycles. The van der Waals surface area contributed by atoms with E-state index in [0.717, 1.165) is 31.6 Å². The van der Waals surface area contributed by atoms with Crippen LogP contribution < -0.4 is 10.6 Å². The van der Waals surface area contributed by atoms with Crippen molar-refractivity contribution in [3.8, 4) is 0 Å². The predicted octanol–water partition coefficient (Wildman–Crippen LogP) is 2.24. The highest BCUT2D eigenvalue weighted by Crippen LogP contribution is 2.17. The minimum atomic E-state index is 0.116. The number of carbonyl (C=O) groups excluding carboxylic acids is 1. The van der Waals surface area contributed by atoms with E-state index in [9.17, 15) is 4.79 Å². The van der Waals surface area contributed by atoms with E-state index >= 15 is 0 Å². The quantitative estimate of drug-likeness (QED) is 0.821. The standard InChI is InChI=1S/C14H20N2O/c1-10-5-6-13(8-11(10)2)16-14(17)12-4-3-7-15-9-12/h5-6,8,12,15H,3-4,7,9H2,1-2H3,(H,16,17)/t12-/m0/s1. The van der Waals surface area contributed by atoms with E-state index in [0.29, 0.717) is 0 Å². The average Bonchev–Trinajstić information content (AvgIpc) is 2.35. The average molecular weight is 232 g/mol. The summed E-state index contributed by atoms with van der Waals surface area (Å²) in [7, 11) is 0. The molecule has 0 aromatic heterocycles. The first kappa shape index (κ1) is 12.1. The van der Waals surface area contributed by atoms with Crippen LogP contribution >= 0.6 is 0 Å². The van der Waals surface area contributed by atoms with Gasteiger partial charge in [0.25, 0.3) is 0 Å². The van der Waals surface area contributed by atoms with Gasteiger partial charge >= 0.3 is 0 Å². The van der Waals surface area contributed by atoms with Crippen molar-refractivity contribution in [2.24, 2.45) is 5.92 Å². The molecule has 0 aliphatic carbocycles. The predicted molar refractivity (Wildman–Crippen MR) is 70.1 cm³/mol. The van der Waals surface area contributed by atoms with E-state index in [-0.39, 0.29) is 11.8 Å². The van der Waals surface area contributed by atoms with Crippen LogP contribution in [-0.2, 0) is 4.79 Å². The number of anilines is 1. The summed E-state index contributed by atoms with van der Waals surface area (Å²) in [5, 5.41) is 6.26. The Bertz CT molecular complexity index is 409. The molecule has 1 aromatic rings. The maximum atomic E-state index is 12.0. The first-order valence-corrected chi connectivity index (χ1v) is 6.25. The van der Waals surface area contributed by atoms with Crippen molar-refractivity contribution in [3.05, 3.63) is 29.3 Å². The van der Waals surface area contributed by atoms with Gasteiger partial charge < -0.3 is 10.6 Å². The van der Waals surface area contributed by atoms with Gasteiger partial charge in [0.2, 0.25) is 5.91 Å². The summed E-state index contributed by atoms with van der Waals surface area (Å²) >= 11 is 0. The fourth-order valence-electron chi connectivity index (χ4n) is 2.14. The zero-order valence-electron chi connectivity index (χ0n) is 10.5. The number of rotatable bonds is 2. The van der Waals surface area contributed by atoms with Gasteiger partial charge in [-0.1, -0.05) is 6.07 Å². The summed E-state index contributed by atoms with van der Waals surface area (Å²) in [6.07, 6.45) is 2.08. The molecule has 0 saturated carbocycles. The van der Waals surface area contributed by atoms with Crippen molar-refractivity contribution in [3.63, 3.8) is 0 Å². The van der Waals surface area contributed by atoms with E-state index < -0.39 is 0 Å². The van der Waals surface area contributed by atoms with Crippen LogP contribution in [0, 0.1) is 19.8 Å². The van der Waals surface area contributed by atoms with E-state index in [1.807, 2.05) is 18.2 Å². The monoisotopic (exact) mass is 232 g/mol. The second kappa shape index (κ2) is 5.32. The van der Waals surface area contributed by atoms with Crippen molar-refractivity contribution in [1.29, 1.82) is 0 Å². The van der Waals surface area contributed by atoms with Gasteiger partial charge in [-0.25, -0.2) is 0 Å². The molecule has 3 nitrogen and oxygen atoms in total. The van der Waals surface area contributed by atoms with Gasteiger partial charge in [-0.3, -0.25) is 4.79 Å². The molecule has 1 aliphatic rings. The van der Waals surface area contributed by atoms with Crippen LogP contribution in [0.3, 0.4) is 0 Å². The molecular weight excluding hydrogens is 212 g/mol. The largest absolute Gasteiger partial charge is 0.326 e. The molecular formula is C14H20N2O. The number of benzene rings is 1. The minimum absolute atomic E-state index is 0.116. The van der Waals surface area contributed by atoms with Gasteiger partial charge in [0.15, 0.2) is 0 Å². The Morgan fingerprint density at radius 3 is 2.82 bits per heavy atom. The van der Waals surface area contributed by atoms with Crippen LogP contribution in [-0.4, -0.2) is 19.0 Å². The number of piperidine rings is 1. The van der Waals surface area contributed by atoms with Crippen LogP contribution in [0.1, 0.15) is 24.0 Å². The van der Waals surface area contributed by atoms with E-state index in [1.54, 1.807) is 0 Å². The third-order valence-electron chi connectivity index (χ3n) is 3.44. The summed E-state index contributed by atoms with van der Waals surface area (Å²) < 4.78 is 0. The van der Waals surface area contributed by atoms with Crippen LogP contribution in [0.2, 0.25) is 0 Å². The molecule has 1 atom stereocenters. The SMILES string of the molecule is Cc1ccc(NC(=O)[C@H]2CCCNC2)cc1C. The molecule has 1 fully saturated rings. The molecule has 17 heavy (non-hydrogen) atoms. The molecule has 92 valence electrons. The Morgan fingerprint density at radius 2 is 2.18 bits per heavy atom. The van der Waals surface area contributed by atoms with Crippen molar-refractivity contribution in [2.45, 2.75) is 26.7 Å². The number of amides is 1. The Labute approximate surface area is 103 Å². The lowest BCUT2D eigenvalue weighted by atomic mass is 9.98. The van der Waals surface area contributed by atoms with Crippen LogP contribution in [0.25, 0.3) is 0 Å². The van der Waals surface area contributed by atoms with Gasteiger partial charge in [-0.15, -0.1) is 0 Å². The minimum Gasteiger partial charge on any atom is -0.326 e. The summed E-state index contributed by atoms with van der Waals surface area (Å²) in [6.45, 7) is 5.98. The van der Waals surface area contributed by atoms with Crippen molar-refractivity contribution in [2.75, 3.05) is 18.4 Å². The van der Waals surface area contributed by atoms with Crippen LogP contribution in [0.15, 0.2) is 18.2 Å². The van der Waals surface area contributed by atoms with Gasteiger partial charge in [-0.2, -0.15) is 0 Å². The Hall–Kier alpha value is -1.35. The maximum Gasteiger partial charge on any atom is 0.228 e. The molecule has 1 saturated heterocycles. The number of nitrogens with one attached hydrogen (secondary N) is 2. The van der Waals surface area contributed by atoms with Gasteiger partial charge in [0.05, 0.1) is 5.92 Å². The Kier molecular flexibility index (Phi) is 3.79. The second-order valence-electron chi connectivity index (χ2n) is 4.83. The Balaban J connectivity index is 1.99. The summed E-state index contributed by atoms with van der Waals surface area (Å²) in [5.41, 5.74) is 3.37. The smallest absolute Gasteiger partial charge is 0.228 e. The number of hydrogen-bond acceptors (Lipinski definition) is 2. The van der Waals surface area contributed by atoms with Crippen molar-refractivity contribution >= 4 is 11.6 Å².